The van der Waals surface area contributed by atoms with Crippen LogP contribution in [0.3, 0.4) is 0 Å². The van der Waals surface area contributed by atoms with Gasteiger partial charge in [0.1, 0.15) is 11.6 Å². The van der Waals surface area contributed by atoms with E-state index in [0.29, 0.717) is 0 Å². The van der Waals surface area contributed by atoms with Crippen molar-refractivity contribution in [1.29, 1.82) is 0 Å². The molecule has 0 aliphatic heterocycles. The lowest BCUT2D eigenvalue weighted by molar-refractivity contribution is 0.788. The van der Waals surface area contributed by atoms with Gasteiger partial charge in [-0.2, -0.15) is 0 Å². The number of hydrogen-bond acceptors (Lipinski definition) is 5. The molecular weight excluding hydrogens is 254 g/mol. The van der Waals surface area contributed by atoms with Crippen LogP contribution in [0, 0.1) is 0 Å². The van der Waals surface area contributed by atoms with Gasteiger partial charge in [-0.25, -0.2) is 15.0 Å². The van der Waals surface area contributed by atoms with Crippen LogP contribution in [0.15, 0.2) is 31.0 Å². The fourth-order valence-corrected chi connectivity index (χ4v) is 2.10. The van der Waals surface area contributed by atoms with E-state index in [1.807, 2.05) is 47.9 Å². The van der Waals surface area contributed by atoms with Crippen LogP contribution in [0.2, 0.25) is 0 Å². The van der Waals surface area contributed by atoms with Gasteiger partial charge in [-0.1, -0.05) is 0 Å². The van der Waals surface area contributed by atoms with Crippen LogP contribution in [0.4, 0.5) is 11.6 Å². The first-order valence-corrected chi connectivity index (χ1v) is 6.49. The molecule has 0 unspecified atom stereocenters. The molecule has 0 saturated heterocycles. The number of rotatable bonds is 5. The molecule has 3 aromatic rings. The summed E-state index contributed by atoms with van der Waals surface area (Å²) in [5, 5.41) is 6.37. The van der Waals surface area contributed by atoms with Gasteiger partial charge < -0.3 is 19.6 Å². The van der Waals surface area contributed by atoms with E-state index in [0.717, 1.165) is 36.1 Å². The van der Waals surface area contributed by atoms with Crippen LogP contribution in [-0.2, 0) is 13.5 Å². The highest BCUT2D eigenvalue weighted by Gasteiger charge is 2.07. The lowest BCUT2D eigenvalue weighted by Gasteiger charge is -2.09. The van der Waals surface area contributed by atoms with Gasteiger partial charge in [-0.15, -0.1) is 0 Å². The summed E-state index contributed by atoms with van der Waals surface area (Å²) in [7, 11) is 3.85. The number of nitrogens with zero attached hydrogens (tertiary/aromatic N) is 5. The first-order valence-electron chi connectivity index (χ1n) is 6.49. The fraction of sp³-hybridized carbons (Fsp3) is 0.308. The maximum Gasteiger partial charge on any atom is 0.180 e. The molecule has 104 valence electrons. The van der Waals surface area contributed by atoms with Crippen LogP contribution in [0.5, 0.6) is 0 Å². The van der Waals surface area contributed by atoms with Crippen LogP contribution in [-0.4, -0.2) is 37.5 Å². The van der Waals surface area contributed by atoms with E-state index in [1.165, 1.54) is 0 Å². The molecule has 3 rings (SSSR count). The number of nitrogens with one attached hydrogen (secondary N) is 2. The zero-order chi connectivity index (χ0) is 13.9. The predicted molar refractivity (Wildman–Crippen MR) is 77.9 cm³/mol. The van der Waals surface area contributed by atoms with Gasteiger partial charge in [0.2, 0.25) is 0 Å². The highest BCUT2D eigenvalue weighted by atomic mass is 15.1. The SMILES string of the molecule is CNc1cn2ccnc2c(NCCc2nccn2C)n1. The van der Waals surface area contributed by atoms with Crippen molar-refractivity contribution < 1.29 is 0 Å². The molecule has 0 aromatic carbocycles. The molecular formula is C13H17N7. The van der Waals surface area contributed by atoms with Gasteiger partial charge >= 0.3 is 0 Å². The molecule has 0 atom stereocenters. The Morgan fingerprint density at radius 3 is 2.80 bits per heavy atom. The van der Waals surface area contributed by atoms with Gasteiger partial charge in [-0.05, 0) is 0 Å². The Balaban J connectivity index is 1.76. The van der Waals surface area contributed by atoms with E-state index in [9.17, 15) is 0 Å². The summed E-state index contributed by atoms with van der Waals surface area (Å²) in [6.07, 6.45) is 10.2. The summed E-state index contributed by atoms with van der Waals surface area (Å²) in [5.41, 5.74) is 0.823. The predicted octanol–water partition coefficient (Wildman–Crippen LogP) is 1.16. The molecule has 20 heavy (non-hydrogen) atoms. The van der Waals surface area contributed by atoms with Gasteiger partial charge in [0.15, 0.2) is 11.5 Å². The van der Waals surface area contributed by atoms with Crippen molar-refractivity contribution in [1.82, 2.24) is 23.9 Å². The van der Waals surface area contributed by atoms with Crippen molar-refractivity contribution in [3.63, 3.8) is 0 Å². The van der Waals surface area contributed by atoms with E-state index in [-0.39, 0.29) is 0 Å². The van der Waals surface area contributed by atoms with Crippen LogP contribution >= 0.6 is 0 Å². The minimum Gasteiger partial charge on any atom is -0.372 e. The van der Waals surface area contributed by atoms with E-state index < -0.39 is 0 Å². The number of fused-ring (bicyclic) bond motifs is 1. The molecule has 7 heteroatoms. The number of anilines is 2. The second kappa shape index (κ2) is 5.20. The number of hydrogen-bond donors (Lipinski definition) is 2. The van der Waals surface area contributed by atoms with Gasteiger partial charge in [0.25, 0.3) is 0 Å². The Morgan fingerprint density at radius 1 is 1.20 bits per heavy atom. The summed E-state index contributed by atoms with van der Waals surface area (Å²) < 4.78 is 3.96. The smallest absolute Gasteiger partial charge is 0.180 e. The first kappa shape index (κ1) is 12.5. The van der Waals surface area contributed by atoms with Gasteiger partial charge in [0.05, 0.1) is 6.20 Å². The average molecular weight is 271 g/mol. The Kier molecular flexibility index (Phi) is 3.24. The third kappa shape index (κ3) is 2.29. The molecule has 7 nitrogen and oxygen atoms in total. The number of imidazole rings is 2. The maximum atomic E-state index is 4.50. The molecule has 3 aromatic heterocycles. The zero-order valence-electron chi connectivity index (χ0n) is 11.5. The third-order valence-electron chi connectivity index (χ3n) is 3.19. The van der Waals surface area contributed by atoms with Gasteiger partial charge in [0, 0.05) is 51.8 Å². The lowest BCUT2D eigenvalue weighted by atomic mass is 10.4. The van der Waals surface area contributed by atoms with E-state index in [2.05, 4.69) is 25.6 Å². The van der Waals surface area contributed by atoms with Crippen molar-refractivity contribution in [2.75, 3.05) is 24.2 Å². The Labute approximate surface area is 116 Å². The fourth-order valence-electron chi connectivity index (χ4n) is 2.10. The zero-order valence-corrected chi connectivity index (χ0v) is 11.5. The topological polar surface area (TPSA) is 72.1 Å². The van der Waals surface area contributed by atoms with Crippen LogP contribution < -0.4 is 10.6 Å². The van der Waals surface area contributed by atoms with Crippen molar-refractivity contribution in [3.05, 3.63) is 36.8 Å². The molecule has 0 fully saturated rings. The molecule has 2 N–H and O–H groups in total. The Bertz CT molecular complexity index is 712. The van der Waals surface area contributed by atoms with E-state index in [1.54, 1.807) is 6.20 Å². The third-order valence-corrected chi connectivity index (χ3v) is 3.19. The monoisotopic (exact) mass is 271 g/mol. The molecule has 0 bridgehead atoms. The summed E-state index contributed by atoms with van der Waals surface area (Å²) >= 11 is 0. The molecule has 0 spiro atoms. The minimum atomic E-state index is 0.757. The molecule has 0 aliphatic rings. The van der Waals surface area contributed by atoms with E-state index >= 15 is 0 Å². The minimum absolute atomic E-state index is 0.757. The molecule has 0 aliphatic carbocycles. The maximum absolute atomic E-state index is 4.50. The summed E-state index contributed by atoms with van der Waals surface area (Å²) in [6, 6.07) is 0. The Morgan fingerprint density at radius 2 is 2.05 bits per heavy atom. The highest BCUT2D eigenvalue weighted by Crippen LogP contribution is 2.15. The standard InChI is InChI=1S/C13H17N7/c1-14-10-9-20-8-6-17-13(20)12(18-10)16-4-3-11-15-5-7-19(11)2/h5-9,14H,3-4H2,1-2H3,(H,16,18). The summed E-state index contributed by atoms with van der Waals surface area (Å²) in [5.74, 6) is 2.62. The normalized spacial score (nSPS) is 10.9. The highest BCUT2D eigenvalue weighted by molar-refractivity contribution is 5.65. The summed E-state index contributed by atoms with van der Waals surface area (Å²) in [6.45, 7) is 0.757. The summed E-state index contributed by atoms with van der Waals surface area (Å²) in [4.78, 5) is 13.1. The second-order valence-electron chi connectivity index (χ2n) is 4.51. The van der Waals surface area contributed by atoms with Crippen LogP contribution in [0.25, 0.3) is 5.65 Å². The first-order chi connectivity index (χ1) is 9.78. The molecule has 3 heterocycles. The Hall–Kier alpha value is -2.57. The number of aryl methyl sites for hydroxylation is 1. The quantitative estimate of drug-likeness (QED) is 0.728. The van der Waals surface area contributed by atoms with Crippen molar-refractivity contribution >= 4 is 17.3 Å². The van der Waals surface area contributed by atoms with Crippen molar-refractivity contribution in [2.45, 2.75) is 6.42 Å². The van der Waals surface area contributed by atoms with E-state index in [4.69, 9.17) is 0 Å². The lowest BCUT2D eigenvalue weighted by Crippen LogP contribution is -2.11. The second-order valence-corrected chi connectivity index (χ2v) is 4.51. The number of aromatic nitrogens is 5. The van der Waals surface area contributed by atoms with Crippen molar-refractivity contribution in [2.24, 2.45) is 7.05 Å². The molecule has 0 radical (unpaired) electrons. The largest absolute Gasteiger partial charge is 0.372 e. The van der Waals surface area contributed by atoms with Crippen LogP contribution in [0.1, 0.15) is 5.82 Å². The molecule has 0 amide bonds. The van der Waals surface area contributed by atoms with Gasteiger partial charge in [-0.3, -0.25) is 0 Å². The molecule has 0 saturated carbocycles. The van der Waals surface area contributed by atoms with Crippen molar-refractivity contribution in [3.8, 4) is 0 Å². The average Bonchev–Trinajstić information content (AvgIpc) is 3.07.